The number of nitrogens with one attached hydrogen (secondary N) is 1. The molecule has 1 aromatic heterocycles. The minimum atomic E-state index is 0.170. The van der Waals surface area contributed by atoms with E-state index >= 15 is 0 Å². The molecule has 1 aromatic carbocycles. The van der Waals surface area contributed by atoms with Crippen LogP contribution in [0.25, 0.3) is 11.2 Å². The molecule has 1 atom stereocenters. The third kappa shape index (κ3) is 5.88. The summed E-state index contributed by atoms with van der Waals surface area (Å²) in [6.45, 7) is 9.02. The average Bonchev–Trinajstić information content (AvgIpc) is 3.16. The van der Waals surface area contributed by atoms with Crippen molar-refractivity contribution >= 4 is 28.9 Å². The van der Waals surface area contributed by atoms with Crippen LogP contribution in [0.1, 0.15) is 31.7 Å². The SMILES string of the molecule is COc1ccc(Cn2c(CCCN3CCN(C(C)=O)CC3)nc3/c2=C/SCC(C)N/C=3N)cc1. The highest BCUT2D eigenvalue weighted by Gasteiger charge is 2.19. The molecule has 8 nitrogen and oxygen atoms in total. The van der Waals surface area contributed by atoms with Crippen molar-refractivity contribution in [2.45, 2.75) is 39.3 Å². The summed E-state index contributed by atoms with van der Waals surface area (Å²) in [6, 6.07) is 8.50. The Morgan fingerprint density at radius 1 is 1.24 bits per heavy atom. The number of nitrogens with two attached hydrogens (primary N) is 1. The molecule has 0 bridgehead atoms. The van der Waals surface area contributed by atoms with Gasteiger partial charge in [-0.1, -0.05) is 12.1 Å². The number of methoxy groups -OCH3 is 1. The lowest BCUT2D eigenvalue weighted by molar-refractivity contribution is -0.130. The predicted octanol–water partition coefficient (Wildman–Crippen LogP) is 0.524. The van der Waals surface area contributed by atoms with Gasteiger partial charge in [0.25, 0.3) is 0 Å². The van der Waals surface area contributed by atoms with Crippen molar-refractivity contribution in [3.8, 4) is 5.75 Å². The topological polar surface area (TPSA) is 88.7 Å². The maximum Gasteiger partial charge on any atom is 0.219 e. The van der Waals surface area contributed by atoms with E-state index in [1.807, 2.05) is 17.0 Å². The van der Waals surface area contributed by atoms with E-state index < -0.39 is 0 Å². The zero-order valence-corrected chi connectivity index (χ0v) is 21.2. The Hall–Kier alpha value is -2.65. The molecule has 9 heteroatoms. The summed E-state index contributed by atoms with van der Waals surface area (Å²) in [5.74, 6) is 3.68. The highest BCUT2D eigenvalue weighted by atomic mass is 32.2. The van der Waals surface area contributed by atoms with Gasteiger partial charge in [-0.25, -0.2) is 4.98 Å². The third-order valence-corrected chi connectivity index (χ3v) is 7.56. The number of carbonyl (C=O) groups is 1. The molecular weight excluding hydrogens is 448 g/mol. The molecule has 4 rings (SSSR count). The number of fused-ring (bicyclic) bond motifs is 1. The van der Waals surface area contributed by atoms with Crippen LogP contribution >= 0.6 is 11.8 Å². The highest BCUT2D eigenvalue weighted by molar-refractivity contribution is 8.06. The maximum absolute atomic E-state index is 11.6. The van der Waals surface area contributed by atoms with E-state index in [0.29, 0.717) is 11.9 Å². The second-order valence-corrected chi connectivity index (χ2v) is 9.96. The summed E-state index contributed by atoms with van der Waals surface area (Å²) in [7, 11) is 1.69. The molecule has 2 aliphatic heterocycles. The van der Waals surface area contributed by atoms with Crippen LogP contribution in [0.5, 0.6) is 5.75 Å². The van der Waals surface area contributed by atoms with Crippen molar-refractivity contribution in [3.05, 3.63) is 46.4 Å². The second kappa shape index (κ2) is 11.2. The number of carbonyl (C=O) groups excluding carboxylic acids is 1. The number of rotatable bonds is 7. The van der Waals surface area contributed by atoms with E-state index in [9.17, 15) is 4.79 Å². The molecule has 0 radical (unpaired) electrons. The Morgan fingerprint density at radius 3 is 2.65 bits per heavy atom. The van der Waals surface area contributed by atoms with Crippen molar-refractivity contribution < 1.29 is 9.53 Å². The molecular formula is C25H36N6O2S. The number of hydrogen-bond donors (Lipinski definition) is 2. The van der Waals surface area contributed by atoms with Gasteiger partial charge in [-0.15, -0.1) is 11.8 Å². The lowest BCUT2D eigenvalue weighted by atomic mass is 10.2. The zero-order valence-electron chi connectivity index (χ0n) is 20.4. The second-order valence-electron chi connectivity index (χ2n) is 9.06. The molecule has 3 N–H and O–H groups in total. The normalized spacial score (nSPS) is 21.6. The van der Waals surface area contributed by atoms with Gasteiger partial charge in [0.1, 0.15) is 22.7 Å². The largest absolute Gasteiger partial charge is 0.497 e. The van der Waals surface area contributed by atoms with E-state index in [1.165, 1.54) is 5.56 Å². The predicted molar refractivity (Wildman–Crippen MR) is 138 cm³/mol. The standard InChI is InChI=1S/C25H36N6O2S/c1-18-16-34-17-22-24(25(26)27-18)28-23(31(22)15-20-6-8-21(33-3)9-7-20)5-4-10-29-11-13-30(14-12-29)19(2)32/h6-9,17-18,27H,4-5,10-16,26H2,1-3H3/b22-17-,25-24-. The minimum Gasteiger partial charge on any atom is -0.497 e. The van der Waals surface area contributed by atoms with Crippen molar-refractivity contribution in [2.24, 2.45) is 5.73 Å². The Morgan fingerprint density at radius 2 is 1.97 bits per heavy atom. The molecule has 34 heavy (non-hydrogen) atoms. The van der Waals surface area contributed by atoms with Crippen LogP contribution in [-0.2, 0) is 17.8 Å². The van der Waals surface area contributed by atoms with Gasteiger partial charge in [-0.3, -0.25) is 9.69 Å². The average molecular weight is 485 g/mol. The van der Waals surface area contributed by atoms with Gasteiger partial charge in [-0.2, -0.15) is 0 Å². The van der Waals surface area contributed by atoms with Gasteiger partial charge >= 0.3 is 0 Å². The van der Waals surface area contributed by atoms with Crippen LogP contribution in [0.2, 0.25) is 0 Å². The van der Waals surface area contributed by atoms with Gasteiger partial charge < -0.3 is 25.3 Å². The number of ether oxygens (including phenoxy) is 1. The summed E-state index contributed by atoms with van der Waals surface area (Å²) >= 11 is 1.80. The van der Waals surface area contributed by atoms with Crippen LogP contribution in [0, 0.1) is 0 Å². The number of hydrogen-bond acceptors (Lipinski definition) is 7. The van der Waals surface area contributed by atoms with Gasteiger partial charge in [-0.05, 0) is 43.0 Å². The van der Waals surface area contributed by atoms with E-state index in [-0.39, 0.29) is 5.91 Å². The van der Waals surface area contributed by atoms with Crippen LogP contribution in [0.3, 0.4) is 0 Å². The summed E-state index contributed by atoms with van der Waals surface area (Å²) < 4.78 is 7.63. The first-order valence-electron chi connectivity index (χ1n) is 12.0. The summed E-state index contributed by atoms with van der Waals surface area (Å²) in [5.41, 5.74) is 7.64. The van der Waals surface area contributed by atoms with E-state index in [4.69, 9.17) is 15.5 Å². The third-order valence-electron chi connectivity index (χ3n) is 6.48. The molecule has 0 saturated carbocycles. The molecule has 0 aliphatic carbocycles. The molecule has 2 aromatic rings. The summed E-state index contributed by atoms with van der Waals surface area (Å²) in [4.78, 5) is 21.0. The van der Waals surface area contributed by atoms with Gasteiger partial charge in [0.2, 0.25) is 5.91 Å². The number of imidazole rings is 1. The number of aryl methyl sites for hydroxylation is 1. The molecule has 3 heterocycles. The van der Waals surface area contributed by atoms with Gasteiger partial charge in [0.15, 0.2) is 0 Å². The zero-order chi connectivity index (χ0) is 24.1. The molecule has 1 saturated heterocycles. The van der Waals surface area contributed by atoms with Crippen molar-refractivity contribution in [1.29, 1.82) is 0 Å². The van der Waals surface area contributed by atoms with E-state index in [0.717, 1.165) is 80.1 Å². The Kier molecular flexibility index (Phi) is 8.05. The maximum atomic E-state index is 11.6. The van der Waals surface area contributed by atoms with Crippen LogP contribution in [0.15, 0.2) is 24.3 Å². The van der Waals surface area contributed by atoms with Crippen LogP contribution < -0.4 is 26.5 Å². The number of benzene rings is 1. The fourth-order valence-electron chi connectivity index (χ4n) is 4.51. The molecule has 2 aliphatic rings. The highest BCUT2D eigenvalue weighted by Crippen LogP contribution is 2.14. The van der Waals surface area contributed by atoms with Crippen molar-refractivity contribution in [2.75, 3.05) is 45.6 Å². The quantitative estimate of drug-likeness (QED) is 0.593. The van der Waals surface area contributed by atoms with Crippen molar-refractivity contribution in [3.63, 3.8) is 0 Å². The smallest absolute Gasteiger partial charge is 0.219 e. The Bertz CT molecular complexity index is 1110. The molecule has 1 unspecified atom stereocenters. The fourth-order valence-corrected chi connectivity index (χ4v) is 5.37. The summed E-state index contributed by atoms with van der Waals surface area (Å²) in [5, 5.41) is 7.53. The molecule has 0 spiro atoms. The number of aromatic nitrogens is 2. The first-order valence-corrected chi connectivity index (χ1v) is 13.0. The Labute approximate surface area is 205 Å². The van der Waals surface area contributed by atoms with E-state index in [2.05, 4.69) is 39.2 Å². The Balaban J connectivity index is 1.54. The number of nitrogens with zero attached hydrogens (tertiary/aromatic N) is 4. The lowest BCUT2D eigenvalue weighted by Crippen LogP contribution is -2.48. The molecule has 1 fully saturated rings. The number of thioether (sulfide) groups is 1. The van der Waals surface area contributed by atoms with Crippen LogP contribution in [0.4, 0.5) is 0 Å². The monoisotopic (exact) mass is 484 g/mol. The van der Waals surface area contributed by atoms with Gasteiger partial charge in [0, 0.05) is 57.9 Å². The number of piperazine rings is 1. The van der Waals surface area contributed by atoms with Gasteiger partial charge in [0.05, 0.1) is 12.5 Å². The van der Waals surface area contributed by atoms with Crippen molar-refractivity contribution in [1.82, 2.24) is 24.7 Å². The summed E-state index contributed by atoms with van der Waals surface area (Å²) in [6.07, 6.45) is 1.88. The molecule has 1 amide bonds. The van der Waals surface area contributed by atoms with Crippen LogP contribution in [-0.4, -0.2) is 76.9 Å². The van der Waals surface area contributed by atoms with E-state index in [1.54, 1.807) is 25.8 Å². The lowest BCUT2D eigenvalue weighted by Gasteiger charge is -2.34. The fraction of sp³-hybridized carbons (Fsp3) is 0.520. The first kappa shape index (κ1) is 24.5. The first-order chi connectivity index (χ1) is 16.4. The number of amides is 1. The minimum absolute atomic E-state index is 0.170. The molecule has 184 valence electrons.